The standard InChI is InChI=1S/3C13H22.C9H16.C5H10/c1-3-7-12-10(5-1)9-11-6-2-4-8-13(11)12;1-2-6-12-10(4-1)8-9-11-5-3-7-13(11)12;1-2-5-11-9-13-7-3-6-12(13)8-10(11)4-1;1-2-5-9-7-3-6-8(9)4-1;1-2-4-5-3-1/h3*10-13H,1-9H2;8-9H,1-7H2;1-5H2. The Labute approximate surface area is 332 Å². The lowest BCUT2D eigenvalue weighted by Gasteiger charge is -2.43. The van der Waals surface area contributed by atoms with Crippen LogP contribution in [0, 0.1) is 82.9 Å². The zero-order chi connectivity index (χ0) is 35.7. The van der Waals surface area contributed by atoms with Crippen molar-refractivity contribution in [3.05, 3.63) is 0 Å². The van der Waals surface area contributed by atoms with Gasteiger partial charge in [-0.25, -0.2) is 0 Å². The van der Waals surface area contributed by atoms with Crippen LogP contribution in [0.4, 0.5) is 0 Å². The Bertz CT molecular complexity index is 956. The molecule has 0 spiro atoms. The Morgan fingerprint density at radius 3 is 0.792 bits per heavy atom. The summed E-state index contributed by atoms with van der Waals surface area (Å²) in [7, 11) is 0. The second-order valence-corrected chi connectivity index (χ2v) is 22.5. The van der Waals surface area contributed by atoms with E-state index in [1.807, 2.05) is 0 Å². The first-order valence-corrected chi connectivity index (χ1v) is 26.3. The molecule has 12 rings (SSSR count). The fraction of sp³-hybridized carbons (Fsp3) is 1.00. The van der Waals surface area contributed by atoms with Crippen molar-refractivity contribution in [2.24, 2.45) is 82.9 Å². The molecule has 12 saturated carbocycles. The summed E-state index contributed by atoms with van der Waals surface area (Å²) in [6.07, 6.45) is 60.8. The molecule has 12 fully saturated rings. The van der Waals surface area contributed by atoms with Gasteiger partial charge >= 0.3 is 0 Å². The van der Waals surface area contributed by atoms with Crippen LogP contribution in [-0.4, -0.2) is 0 Å². The van der Waals surface area contributed by atoms with Gasteiger partial charge in [0.15, 0.2) is 0 Å². The van der Waals surface area contributed by atoms with E-state index in [9.17, 15) is 0 Å². The molecule has 0 saturated heterocycles. The van der Waals surface area contributed by atoms with E-state index in [1.165, 1.54) is 116 Å². The summed E-state index contributed by atoms with van der Waals surface area (Å²) in [5.41, 5.74) is 0. The third kappa shape index (κ3) is 10.6. The molecule has 304 valence electrons. The van der Waals surface area contributed by atoms with E-state index in [4.69, 9.17) is 0 Å². The molecule has 12 aliphatic carbocycles. The lowest BCUT2D eigenvalue weighted by atomic mass is 9.62. The van der Waals surface area contributed by atoms with Crippen LogP contribution in [0.25, 0.3) is 0 Å². The lowest BCUT2D eigenvalue weighted by molar-refractivity contribution is 0.0729. The molecule has 0 aromatic heterocycles. The molecule has 0 radical (unpaired) electrons. The maximum atomic E-state index is 1.62. The minimum absolute atomic E-state index is 1.16. The van der Waals surface area contributed by atoms with Gasteiger partial charge in [0, 0.05) is 0 Å². The van der Waals surface area contributed by atoms with Gasteiger partial charge in [-0.2, -0.15) is 0 Å². The minimum atomic E-state index is 1.16. The number of hydrogen-bond acceptors (Lipinski definition) is 0. The number of rotatable bonds is 0. The Hall–Kier alpha value is 0. The van der Waals surface area contributed by atoms with Crippen LogP contribution in [0.15, 0.2) is 0 Å². The summed E-state index contributed by atoms with van der Waals surface area (Å²) < 4.78 is 0. The molecule has 0 amide bonds. The Kier molecular flexibility index (Phi) is 15.5. The van der Waals surface area contributed by atoms with Crippen LogP contribution >= 0.6 is 0 Å². The highest BCUT2D eigenvalue weighted by atomic mass is 14.5. The molecule has 0 heteroatoms. The third-order valence-electron chi connectivity index (χ3n) is 19.8. The molecular weight excluding hydrogens is 637 g/mol. The Morgan fingerprint density at radius 2 is 0.358 bits per heavy atom. The molecule has 0 nitrogen and oxygen atoms in total. The van der Waals surface area contributed by atoms with Gasteiger partial charge in [-0.3, -0.25) is 0 Å². The summed E-state index contributed by atoms with van der Waals surface area (Å²) in [6, 6.07) is 0. The molecule has 14 unspecified atom stereocenters. The van der Waals surface area contributed by atoms with Gasteiger partial charge in [-0.05, 0) is 141 Å². The molecule has 0 N–H and O–H groups in total. The fourth-order valence-corrected chi connectivity index (χ4v) is 17.1. The van der Waals surface area contributed by atoms with E-state index in [1.54, 1.807) is 199 Å². The maximum Gasteiger partial charge on any atom is -0.0355 e. The molecule has 14 atom stereocenters. The number of hydrogen-bond donors (Lipinski definition) is 0. The van der Waals surface area contributed by atoms with Crippen molar-refractivity contribution in [2.75, 3.05) is 0 Å². The minimum Gasteiger partial charge on any atom is -0.0533 e. The highest BCUT2D eigenvalue weighted by Gasteiger charge is 2.45. The van der Waals surface area contributed by atoms with Gasteiger partial charge in [-0.15, -0.1) is 0 Å². The molecule has 0 aromatic carbocycles. The van der Waals surface area contributed by atoms with Crippen LogP contribution in [0.1, 0.15) is 250 Å². The van der Waals surface area contributed by atoms with Crippen LogP contribution in [0.2, 0.25) is 0 Å². The monoisotopic (exact) mass is 729 g/mol. The lowest BCUT2D eigenvalue weighted by Crippen LogP contribution is -2.33. The van der Waals surface area contributed by atoms with Gasteiger partial charge in [0.25, 0.3) is 0 Å². The van der Waals surface area contributed by atoms with E-state index in [2.05, 4.69) is 0 Å². The highest BCUT2D eigenvalue weighted by Crippen LogP contribution is 2.55. The van der Waals surface area contributed by atoms with Crippen molar-refractivity contribution >= 4 is 0 Å². The smallest absolute Gasteiger partial charge is 0.0355 e. The molecule has 12 aliphatic rings. The quantitative estimate of drug-likeness (QED) is 0.233. The van der Waals surface area contributed by atoms with Gasteiger partial charge in [-0.1, -0.05) is 193 Å². The van der Waals surface area contributed by atoms with Crippen molar-refractivity contribution < 1.29 is 0 Å². The largest absolute Gasteiger partial charge is 0.0533 e. The summed E-state index contributed by atoms with van der Waals surface area (Å²) in [4.78, 5) is 0. The predicted octanol–water partition coefficient (Wildman–Crippen LogP) is 16.9. The molecule has 0 bridgehead atoms. The van der Waals surface area contributed by atoms with Crippen molar-refractivity contribution in [3.63, 3.8) is 0 Å². The fourth-order valence-electron chi connectivity index (χ4n) is 17.1. The third-order valence-corrected chi connectivity index (χ3v) is 19.8. The summed E-state index contributed by atoms with van der Waals surface area (Å²) in [5, 5.41) is 0. The van der Waals surface area contributed by atoms with Crippen molar-refractivity contribution in [1.82, 2.24) is 0 Å². The van der Waals surface area contributed by atoms with Gasteiger partial charge < -0.3 is 0 Å². The van der Waals surface area contributed by atoms with E-state index >= 15 is 0 Å². The van der Waals surface area contributed by atoms with Crippen molar-refractivity contribution in [1.29, 1.82) is 0 Å². The van der Waals surface area contributed by atoms with E-state index < -0.39 is 0 Å². The van der Waals surface area contributed by atoms with Crippen LogP contribution < -0.4 is 0 Å². The van der Waals surface area contributed by atoms with Crippen molar-refractivity contribution in [2.45, 2.75) is 250 Å². The highest BCUT2D eigenvalue weighted by molar-refractivity contribution is 4.95. The van der Waals surface area contributed by atoms with Gasteiger partial charge in [0.1, 0.15) is 0 Å². The average molecular weight is 729 g/mol. The van der Waals surface area contributed by atoms with E-state index in [-0.39, 0.29) is 0 Å². The Morgan fingerprint density at radius 1 is 0.132 bits per heavy atom. The first kappa shape index (κ1) is 39.8. The molecule has 53 heavy (non-hydrogen) atoms. The zero-order valence-corrected chi connectivity index (χ0v) is 35.7. The summed E-state index contributed by atoms with van der Waals surface area (Å²) >= 11 is 0. The molecule has 0 aliphatic heterocycles. The topological polar surface area (TPSA) is 0 Å². The first-order valence-electron chi connectivity index (χ1n) is 26.3. The van der Waals surface area contributed by atoms with E-state index in [0.29, 0.717) is 0 Å². The second kappa shape index (κ2) is 20.6. The van der Waals surface area contributed by atoms with Crippen LogP contribution in [0.3, 0.4) is 0 Å². The van der Waals surface area contributed by atoms with Crippen molar-refractivity contribution in [3.8, 4) is 0 Å². The first-order chi connectivity index (χ1) is 26.3. The number of fused-ring (bicyclic) bond motifs is 9. The molecule has 0 aromatic rings. The average Bonchev–Trinajstić information content (AvgIpc) is 4.08. The van der Waals surface area contributed by atoms with Crippen LogP contribution in [-0.2, 0) is 0 Å². The van der Waals surface area contributed by atoms with Crippen LogP contribution in [0.5, 0.6) is 0 Å². The SMILES string of the molecule is C1CCC2C(C1)CC1CCCCC12.C1CCC2C(C1)CCC1CCCC12.C1CCC2CC3CCCC3CC2C1.C1CCC2CCCC2C1.C1CCCC1. The second-order valence-electron chi connectivity index (χ2n) is 22.5. The van der Waals surface area contributed by atoms with Gasteiger partial charge in [0.2, 0.25) is 0 Å². The molecule has 0 heterocycles. The van der Waals surface area contributed by atoms with Gasteiger partial charge in [0.05, 0.1) is 0 Å². The maximum absolute atomic E-state index is 1.62. The zero-order valence-electron chi connectivity index (χ0n) is 35.7. The predicted molar refractivity (Wildman–Crippen MR) is 229 cm³/mol. The molecular formula is C53H92. The normalized spacial score (nSPS) is 46.2. The Balaban J connectivity index is 0.0000000971. The summed E-state index contributed by atoms with van der Waals surface area (Å²) in [6.45, 7) is 0. The van der Waals surface area contributed by atoms with E-state index in [0.717, 1.165) is 17.8 Å². The summed E-state index contributed by atoms with van der Waals surface area (Å²) in [5.74, 6) is 16.4.